The average molecular weight is 239 g/mol. The summed E-state index contributed by atoms with van der Waals surface area (Å²) >= 11 is 5.73. The highest BCUT2D eigenvalue weighted by molar-refractivity contribution is 6.30. The van der Waals surface area contributed by atoms with Crippen LogP contribution in [0.25, 0.3) is 0 Å². The molecule has 1 rings (SSSR count). The maximum atomic E-state index is 11.6. The largest absolute Gasteiger partial charge is 0.271 e. The molecule has 0 saturated heterocycles. The first kappa shape index (κ1) is 12.7. The molecule has 1 aromatic carbocycles. The normalized spacial score (nSPS) is 11.3. The first-order valence-corrected chi connectivity index (χ1v) is 5.60. The van der Waals surface area contributed by atoms with Gasteiger partial charge >= 0.3 is 0 Å². The van der Waals surface area contributed by atoms with E-state index in [0.717, 1.165) is 18.6 Å². The van der Waals surface area contributed by atoms with Crippen molar-refractivity contribution in [3.05, 3.63) is 34.9 Å². The smallest absolute Gasteiger partial charge is 0.267 e. The van der Waals surface area contributed by atoms with Crippen LogP contribution in [0.2, 0.25) is 5.02 Å². The summed E-state index contributed by atoms with van der Waals surface area (Å²) in [5, 5.41) is 4.61. The van der Waals surface area contributed by atoms with E-state index in [-0.39, 0.29) is 5.91 Å². The van der Waals surface area contributed by atoms with Crippen molar-refractivity contribution < 1.29 is 4.79 Å². The molecule has 0 fully saturated rings. The Kier molecular flexibility index (Phi) is 4.99. The van der Waals surface area contributed by atoms with E-state index in [2.05, 4.69) is 17.5 Å². The minimum atomic E-state index is -0.216. The molecule has 16 heavy (non-hydrogen) atoms. The molecular formula is C12H15ClN2O. The number of benzene rings is 1. The number of halogens is 1. The third-order valence-corrected chi connectivity index (χ3v) is 2.32. The fourth-order valence-corrected chi connectivity index (χ4v) is 1.36. The van der Waals surface area contributed by atoms with Crippen molar-refractivity contribution in [1.29, 1.82) is 0 Å². The van der Waals surface area contributed by atoms with Crippen LogP contribution in [0.5, 0.6) is 0 Å². The van der Waals surface area contributed by atoms with Crippen LogP contribution in [0.15, 0.2) is 29.4 Å². The first-order valence-electron chi connectivity index (χ1n) is 5.22. The van der Waals surface area contributed by atoms with Gasteiger partial charge in [-0.25, -0.2) is 5.43 Å². The fraction of sp³-hybridized carbons (Fsp3) is 0.333. The van der Waals surface area contributed by atoms with Crippen LogP contribution >= 0.6 is 11.6 Å². The maximum absolute atomic E-state index is 11.6. The molecule has 0 aliphatic carbocycles. The van der Waals surface area contributed by atoms with Crippen molar-refractivity contribution >= 4 is 23.2 Å². The molecule has 1 N–H and O–H groups in total. The average Bonchev–Trinajstić information content (AvgIpc) is 2.27. The molecule has 0 radical (unpaired) electrons. The standard InChI is InChI=1S/C12H15ClN2O/c1-3-4-9(2)14-15-12(16)10-5-7-11(13)8-6-10/h5-8H,3-4H2,1-2H3,(H,15,16). The summed E-state index contributed by atoms with van der Waals surface area (Å²) in [6, 6.07) is 6.70. The molecule has 0 atom stereocenters. The Morgan fingerprint density at radius 2 is 2.00 bits per heavy atom. The van der Waals surface area contributed by atoms with Crippen LogP contribution in [-0.2, 0) is 0 Å². The predicted molar refractivity (Wildman–Crippen MR) is 66.9 cm³/mol. The molecule has 0 aromatic heterocycles. The van der Waals surface area contributed by atoms with E-state index in [1.54, 1.807) is 24.3 Å². The predicted octanol–water partition coefficient (Wildman–Crippen LogP) is 3.25. The molecule has 0 aliphatic rings. The van der Waals surface area contributed by atoms with Crippen molar-refractivity contribution in [2.24, 2.45) is 5.10 Å². The van der Waals surface area contributed by atoms with E-state index in [9.17, 15) is 4.79 Å². The van der Waals surface area contributed by atoms with Gasteiger partial charge in [0.25, 0.3) is 5.91 Å². The lowest BCUT2D eigenvalue weighted by atomic mass is 10.2. The van der Waals surface area contributed by atoms with Gasteiger partial charge in [-0.15, -0.1) is 0 Å². The van der Waals surface area contributed by atoms with Gasteiger partial charge in [0.2, 0.25) is 0 Å². The lowest BCUT2D eigenvalue weighted by Gasteiger charge is -2.01. The Morgan fingerprint density at radius 1 is 1.38 bits per heavy atom. The zero-order valence-electron chi connectivity index (χ0n) is 9.46. The number of nitrogens with zero attached hydrogens (tertiary/aromatic N) is 1. The Morgan fingerprint density at radius 3 is 2.56 bits per heavy atom. The zero-order valence-corrected chi connectivity index (χ0v) is 10.2. The second-order valence-electron chi connectivity index (χ2n) is 3.54. The molecule has 0 spiro atoms. The molecule has 0 aliphatic heterocycles. The third kappa shape index (κ3) is 4.03. The zero-order chi connectivity index (χ0) is 12.0. The summed E-state index contributed by atoms with van der Waals surface area (Å²) in [4.78, 5) is 11.6. The number of hydrogen-bond acceptors (Lipinski definition) is 2. The first-order chi connectivity index (χ1) is 7.63. The minimum Gasteiger partial charge on any atom is -0.267 e. The molecule has 0 bridgehead atoms. The van der Waals surface area contributed by atoms with Crippen molar-refractivity contribution in [1.82, 2.24) is 5.43 Å². The molecule has 1 amide bonds. The number of nitrogens with one attached hydrogen (secondary N) is 1. The lowest BCUT2D eigenvalue weighted by molar-refractivity contribution is 0.0954. The van der Waals surface area contributed by atoms with Gasteiger partial charge in [0.05, 0.1) is 0 Å². The topological polar surface area (TPSA) is 41.5 Å². The molecule has 86 valence electrons. The van der Waals surface area contributed by atoms with Gasteiger partial charge in [-0.1, -0.05) is 24.9 Å². The van der Waals surface area contributed by atoms with Crippen LogP contribution in [0.4, 0.5) is 0 Å². The summed E-state index contributed by atoms with van der Waals surface area (Å²) in [6.45, 7) is 3.96. The Labute approximate surface area is 101 Å². The van der Waals surface area contributed by atoms with Crippen LogP contribution in [0.1, 0.15) is 37.0 Å². The Hall–Kier alpha value is -1.35. The molecule has 3 nitrogen and oxygen atoms in total. The van der Waals surface area contributed by atoms with E-state index >= 15 is 0 Å². The summed E-state index contributed by atoms with van der Waals surface area (Å²) < 4.78 is 0. The summed E-state index contributed by atoms with van der Waals surface area (Å²) in [5.74, 6) is -0.216. The molecule has 1 aromatic rings. The summed E-state index contributed by atoms with van der Waals surface area (Å²) in [5.41, 5.74) is 3.98. The van der Waals surface area contributed by atoms with Crippen LogP contribution in [0.3, 0.4) is 0 Å². The van der Waals surface area contributed by atoms with E-state index in [1.807, 2.05) is 6.92 Å². The number of hydrogen-bond donors (Lipinski definition) is 1. The van der Waals surface area contributed by atoms with Gasteiger partial charge < -0.3 is 0 Å². The quantitative estimate of drug-likeness (QED) is 0.635. The number of hydrazone groups is 1. The number of carbonyl (C=O) groups excluding carboxylic acids is 1. The summed E-state index contributed by atoms with van der Waals surface area (Å²) in [6.07, 6.45) is 1.91. The van der Waals surface area contributed by atoms with Crippen molar-refractivity contribution in [2.45, 2.75) is 26.7 Å². The van der Waals surface area contributed by atoms with Crippen molar-refractivity contribution in [2.75, 3.05) is 0 Å². The van der Waals surface area contributed by atoms with Gasteiger partial charge in [0, 0.05) is 16.3 Å². The number of amides is 1. The highest BCUT2D eigenvalue weighted by Crippen LogP contribution is 2.09. The highest BCUT2D eigenvalue weighted by Gasteiger charge is 2.03. The van der Waals surface area contributed by atoms with Crippen molar-refractivity contribution in [3.8, 4) is 0 Å². The molecule has 4 heteroatoms. The van der Waals surface area contributed by atoms with Gasteiger partial charge in [-0.2, -0.15) is 5.10 Å². The van der Waals surface area contributed by atoms with Gasteiger partial charge in [-0.05, 0) is 37.6 Å². The number of carbonyl (C=O) groups is 1. The van der Waals surface area contributed by atoms with Gasteiger partial charge in [-0.3, -0.25) is 4.79 Å². The Bertz CT molecular complexity index is 385. The molecule has 0 heterocycles. The van der Waals surface area contributed by atoms with Crippen LogP contribution in [-0.4, -0.2) is 11.6 Å². The van der Waals surface area contributed by atoms with Crippen LogP contribution in [0, 0.1) is 0 Å². The fourth-order valence-electron chi connectivity index (χ4n) is 1.23. The monoisotopic (exact) mass is 238 g/mol. The van der Waals surface area contributed by atoms with E-state index in [4.69, 9.17) is 11.6 Å². The second kappa shape index (κ2) is 6.28. The lowest BCUT2D eigenvalue weighted by Crippen LogP contribution is -2.18. The van der Waals surface area contributed by atoms with Crippen molar-refractivity contribution in [3.63, 3.8) is 0 Å². The third-order valence-electron chi connectivity index (χ3n) is 2.07. The number of rotatable bonds is 4. The minimum absolute atomic E-state index is 0.216. The molecule has 0 unspecified atom stereocenters. The van der Waals surface area contributed by atoms with Gasteiger partial charge in [0.1, 0.15) is 0 Å². The van der Waals surface area contributed by atoms with Crippen LogP contribution < -0.4 is 5.43 Å². The SMILES string of the molecule is CCCC(C)=NNC(=O)c1ccc(Cl)cc1. The van der Waals surface area contributed by atoms with E-state index in [0.29, 0.717) is 10.6 Å². The highest BCUT2D eigenvalue weighted by atomic mass is 35.5. The summed E-state index contributed by atoms with van der Waals surface area (Å²) in [7, 11) is 0. The maximum Gasteiger partial charge on any atom is 0.271 e. The van der Waals surface area contributed by atoms with E-state index in [1.165, 1.54) is 0 Å². The van der Waals surface area contributed by atoms with Gasteiger partial charge in [0.15, 0.2) is 0 Å². The second-order valence-corrected chi connectivity index (χ2v) is 3.98. The Balaban J connectivity index is 2.59. The molecule has 0 saturated carbocycles. The van der Waals surface area contributed by atoms with E-state index < -0.39 is 0 Å². The molecular weight excluding hydrogens is 224 g/mol.